The zero-order valence-corrected chi connectivity index (χ0v) is 12.3. The topological polar surface area (TPSA) is 37.3 Å². The van der Waals surface area contributed by atoms with Crippen LogP contribution < -0.4 is 5.32 Å². The third kappa shape index (κ3) is 3.41. The lowest BCUT2D eigenvalue weighted by Gasteiger charge is -2.18. The number of benzene rings is 1. The maximum absolute atomic E-state index is 11.4. The second-order valence-corrected chi connectivity index (χ2v) is 5.00. The van der Waals surface area contributed by atoms with E-state index in [2.05, 4.69) is 16.0 Å². The van der Waals surface area contributed by atoms with Crippen LogP contribution in [0.3, 0.4) is 0 Å². The Kier molecular flexibility index (Phi) is 4.45. The molecule has 106 valence electrons. The van der Waals surface area contributed by atoms with Crippen LogP contribution in [0.2, 0.25) is 0 Å². The van der Waals surface area contributed by atoms with Gasteiger partial charge in [-0.3, -0.25) is 4.79 Å². The second kappa shape index (κ2) is 6.28. The van der Waals surface area contributed by atoms with E-state index in [0.29, 0.717) is 6.54 Å². The van der Waals surface area contributed by atoms with E-state index in [1.54, 1.807) is 11.8 Å². The van der Waals surface area contributed by atoms with Crippen molar-refractivity contribution in [2.75, 3.05) is 12.4 Å². The molecule has 0 spiro atoms. The molecule has 1 N–H and O–H groups in total. The number of aryl methyl sites for hydroxylation is 1. The van der Waals surface area contributed by atoms with Crippen molar-refractivity contribution in [2.24, 2.45) is 7.05 Å². The van der Waals surface area contributed by atoms with Gasteiger partial charge in [0, 0.05) is 45.1 Å². The van der Waals surface area contributed by atoms with Crippen LogP contribution in [-0.4, -0.2) is 22.4 Å². The Morgan fingerprint density at radius 2 is 2.00 bits per heavy atom. The van der Waals surface area contributed by atoms with E-state index in [0.717, 1.165) is 17.8 Å². The molecule has 0 aliphatic carbocycles. The van der Waals surface area contributed by atoms with Crippen molar-refractivity contribution in [3.63, 3.8) is 0 Å². The van der Waals surface area contributed by atoms with Crippen molar-refractivity contribution in [1.82, 2.24) is 9.47 Å². The smallest absolute Gasteiger partial charge is 0.219 e. The van der Waals surface area contributed by atoms with Crippen LogP contribution in [0.25, 0.3) is 0 Å². The lowest BCUT2D eigenvalue weighted by Crippen LogP contribution is -2.23. The maximum atomic E-state index is 11.4. The summed E-state index contributed by atoms with van der Waals surface area (Å²) in [7, 11) is 3.85. The van der Waals surface area contributed by atoms with E-state index in [9.17, 15) is 4.79 Å². The molecule has 0 aliphatic heterocycles. The number of nitrogens with one attached hydrogen (secondary N) is 1. The van der Waals surface area contributed by atoms with Crippen LogP contribution in [0.5, 0.6) is 0 Å². The zero-order valence-electron chi connectivity index (χ0n) is 12.3. The number of para-hydroxylation sites is 1. The number of amides is 1. The number of anilines is 1. The van der Waals surface area contributed by atoms with Gasteiger partial charge in [0.1, 0.15) is 0 Å². The summed E-state index contributed by atoms with van der Waals surface area (Å²) < 4.78 is 2.09. The highest BCUT2D eigenvalue weighted by atomic mass is 16.2. The molecular formula is C16H21N3O. The van der Waals surface area contributed by atoms with Crippen LogP contribution in [-0.2, 0) is 24.9 Å². The molecule has 0 atom stereocenters. The van der Waals surface area contributed by atoms with Crippen LogP contribution in [0.1, 0.15) is 18.2 Å². The predicted molar refractivity (Wildman–Crippen MR) is 81.3 cm³/mol. The normalized spacial score (nSPS) is 10.3. The van der Waals surface area contributed by atoms with E-state index in [-0.39, 0.29) is 5.91 Å². The minimum Gasteiger partial charge on any atom is -0.379 e. The molecule has 0 bridgehead atoms. The number of rotatable bonds is 5. The molecule has 2 aromatic rings. The number of carbonyl (C=O) groups excluding carboxylic acids is 1. The lowest BCUT2D eigenvalue weighted by molar-refractivity contribution is -0.128. The number of hydrogen-bond donors (Lipinski definition) is 1. The first kappa shape index (κ1) is 14.2. The Hall–Kier alpha value is -2.23. The Labute approximate surface area is 120 Å². The van der Waals surface area contributed by atoms with Crippen molar-refractivity contribution >= 4 is 11.6 Å². The van der Waals surface area contributed by atoms with Gasteiger partial charge in [-0.25, -0.2) is 0 Å². The summed E-state index contributed by atoms with van der Waals surface area (Å²) in [6.07, 6.45) is 2.03. The van der Waals surface area contributed by atoms with Crippen molar-refractivity contribution in [1.29, 1.82) is 0 Å². The highest BCUT2D eigenvalue weighted by molar-refractivity contribution is 5.73. The van der Waals surface area contributed by atoms with Crippen LogP contribution in [0.4, 0.5) is 5.69 Å². The molecule has 0 radical (unpaired) electrons. The SMILES string of the molecule is CC(=O)N(C)Cc1ccccc1NCc1cccn1C. The quantitative estimate of drug-likeness (QED) is 0.907. The minimum absolute atomic E-state index is 0.0715. The summed E-state index contributed by atoms with van der Waals surface area (Å²) in [4.78, 5) is 13.1. The molecule has 2 rings (SSSR count). The molecule has 20 heavy (non-hydrogen) atoms. The van der Waals surface area contributed by atoms with Gasteiger partial charge in [0.25, 0.3) is 0 Å². The van der Waals surface area contributed by atoms with Crippen molar-refractivity contribution < 1.29 is 4.79 Å². The summed E-state index contributed by atoms with van der Waals surface area (Å²) in [5.74, 6) is 0.0715. The molecule has 0 saturated heterocycles. The van der Waals surface area contributed by atoms with Gasteiger partial charge in [-0.2, -0.15) is 0 Å². The second-order valence-electron chi connectivity index (χ2n) is 5.00. The minimum atomic E-state index is 0.0715. The summed E-state index contributed by atoms with van der Waals surface area (Å²) in [6.45, 7) is 2.97. The average Bonchev–Trinajstić information content (AvgIpc) is 2.83. The van der Waals surface area contributed by atoms with E-state index < -0.39 is 0 Å². The van der Waals surface area contributed by atoms with E-state index in [1.807, 2.05) is 50.6 Å². The Morgan fingerprint density at radius 3 is 2.65 bits per heavy atom. The molecular weight excluding hydrogens is 250 g/mol. The number of hydrogen-bond acceptors (Lipinski definition) is 2. The molecule has 1 heterocycles. The Bertz CT molecular complexity index is 589. The van der Waals surface area contributed by atoms with E-state index in [1.165, 1.54) is 5.69 Å². The first-order chi connectivity index (χ1) is 9.58. The van der Waals surface area contributed by atoms with Gasteiger partial charge in [0.15, 0.2) is 0 Å². The first-order valence-electron chi connectivity index (χ1n) is 6.71. The third-order valence-corrected chi connectivity index (χ3v) is 3.47. The standard InChI is InChI=1S/C16H21N3O/c1-13(20)19(3)12-14-7-4-5-9-16(14)17-11-15-8-6-10-18(15)2/h4-10,17H,11-12H2,1-3H3. The molecule has 0 aliphatic rings. The predicted octanol–water partition coefficient (Wildman–Crippen LogP) is 2.62. The van der Waals surface area contributed by atoms with Crippen molar-refractivity contribution in [3.8, 4) is 0 Å². The summed E-state index contributed by atoms with van der Waals surface area (Å²) >= 11 is 0. The summed E-state index contributed by atoms with van der Waals surface area (Å²) in [6, 6.07) is 12.2. The van der Waals surface area contributed by atoms with Crippen LogP contribution in [0.15, 0.2) is 42.6 Å². The van der Waals surface area contributed by atoms with Crippen molar-refractivity contribution in [2.45, 2.75) is 20.0 Å². The molecule has 1 aromatic heterocycles. The van der Waals surface area contributed by atoms with Crippen LogP contribution in [0, 0.1) is 0 Å². The Morgan fingerprint density at radius 1 is 1.25 bits per heavy atom. The van der Waals surface area contributed by atoms with Gasteiger partial charge in [-0.05, 0) is 23.8 Å². The van der Waals surface area contributed by atoms with Gasteiger partial charge < -0.3 is 14.8 Å². The summed E-state index contributed by atoms with van der Waals surface area (Å²) in [5.41, 5.74) is 3.42. The monoisotopic (exact) mass is 271 g/mol. The number of carbonyl (C=O) groups is 1. The van der Waals surface area contributed by atoms with Gasteiger partial charge >= 0.3 is 0 Å². The molecule has 4 nitrogen and oxygen atoms in total. The zero-order chi connectivity index (χ0) is 14.5. The van der Waals surface area contributed by atoms with Crippen molar-refractivity contribution in [3.05, 3.63) is 53.9 Å². The number of aromatic nitrogens is 1. The van der Waals surface area contributed by atoms with E-state index >= 15 is 0 Å². The molecule has 4 heteroatoms. The Balaban J connectivity index is 2.08. The molecule has 1 amide bonds. The lowest BCUT2D eigenvalue weighted by atomic mass is 10.1. The van der Waals surface area contributed by atoms with Gasteiger partial charge in [-0.1, -0.05) is 18.2 Å². The summed E-state index contributed by atoms with van der Waals surface area (Å²) in [5, 5.41) is 3.44. The average molecular weight is 271 g/mol. The fourth-order valence-electron chi connectivity index (χ4n) is 2.06. The fourth-order valence-corrected chi connectivity index (χ4v) is 2.06. The molecule has 1 aromatic carbocycles. The van der Waals surface area contributed by atoms with Gasteiger partial charge in [-0.15, -0.1) is 0 Å². The largest absolute Gasteiger partial charge is 0.379 e. The first-order valence-corrected chi connectivity index (χ1v) is 6.71. The highest BCUT2D eigenvalue weighted by Gasteiger charge is 2.07. The molecule has 0 saturated carbocycles. The molecule has 0 fully saturated rings. The van der Waals surface area contributed by atoms with E-state index in [4.69, 9.17) is 0 Å². The maximum Gasteiger partial charge on any atom is 0.219 e. The third-order valence-electron chi connectivity index (χ3n) is 3.47. The van der Waals surface area contributed by atoms with Gasteiger partial charge in [0.2, 0.25) is 5.91 Å². The van der Waals surface area contributed by atoms with Gasteiger partial charge in [0.05, 0.1) is 6.54 Å². The van der Waals surface area contributed by atoms with Crippen LogP contribution >= 0.6 is 0 Å². The highest BCUT2D eigenvalue weighted by Crippen LogP contribution is 2.18. The number of nitrogens with zero attached hydrogens (tertiary/aromatic N) is 2. The fraction of sp³-hybridized carbons (Fsp3) is 0.312. The molecule has 0 unspecified atom stereocenters.